The fourth-order valence-corrected chi connectivity index (χ4v) is 5.89. The second-order valence-electron chi connectivity index (χ2n) is 9.67. The summed E-state index contributed by atoms with van der Waals surface area (Å²) in [5.74, 6) is -1.96. The Balaban J connectivity index is 1.44. The lowest BCUT2D eigenvalue weighted by atomic mass is 9.98. The highest BCUT2D eigenvalue weighted by Gasteiger charge is 2.67. The van der Waals surface area contributed by atoms with Gasteiger partial charge in [-0.25, -0.2) is 0 Å². The van der Waals surface area contributed by atoms with Gasteiger partial charge in [-0.05, 0) is 79.0 Å². The van der Waals surface area contributed by atoms with E-state index < -0.39 is 22.1 Å². The summed E-state index contributed by atoms with van der Waals surface area (Å²) in [6, 6.07) is 15.0. The van der Waals surface area contributed by atoms with Crippen molar-refractivity contribution in [2.24, 2.45) is 11.7 Å². The first-order chi connectivity index (χ1) is 18.9. The number of Topliss-reactive ketones (excluding diaryl/α,β-unsaturated/α-hetero) is 1. The standard InChI is InChI=1S/C29H26Cl5N3O3/c1-15-11-18(36-25(39)3-2-10-35)6-4-16(15)13-24(38)20-14-19(7-9-21(20)30)37-28(40)27-26(29(27,33)34)17-5-8-22(31)23(32)12-17/h4-9,11-12,14,26-27H,2-3,10,13,35H2,1H3,(H,36,39)(H,37,40). The number of nitrogens with one attached hydrogen (secondary N) is 2. The predicted octanol–water partition coefficient (Wildman–Crippen LogP) is 7.58. The van der Waals surface area contributed by atoms with Crippen LogP contribution in [-0.2, 0) is 16.0 Å². The van der Waals surface area contributed by atoms with Gasteiger partial charge in [0.15, 0.2) is 5.78 Å². The highest BCUT2D eigenvalue weighted by molar-refractivity contribution is 6.53. The molecule has 11 heteroatoms. The van der Waals surface area contributed by atoms with E-state index in [4.69, 9.17) is 63.7 Å². The van der Waals surface area contributed by atoms with Crippen LogP contribution in [0.15, 0.2) is 54.6 Å². The molecule has 4 rings (SSSR count). The minimum absolute atomic E-state index is 0.0822. The van der Waals surface area contributed by atoms with Crippen LogP contribution in [0.4, 0.5) is 11.4 Å². The summed E-state index contributed by atoms with van der Waals surface area (Å²) in [7, 11) is 0. The Kier molecular flexibility index (Phi) is 9.71. The maximum Gasteiger partial charge on any atom is 0.231 e. The van der Waals surface area contributed by atoms with E-state index in [0.29, 0.717) is 46.4 Å². The quantitative estimate of drug-likeness (QED) is 0.157. The van der Waals surface area contributed by atoms with Crippen LogP contribution in [0.25, 0.3) is 0 Å². The number of nitrogens with two attached hydrogens (primary N) is 1. The van der Waals surface area contributed by atoms with Gasteiger partial charge in [0.05, 0.1) is 21.0 Å². The molecule has 1 aliphatic rings. The highest BCUT2D eigenvalue weighted by Crippen LogP contribution is 2.65. The molecule has 0 aliphatic heterocycles. The Morgan fingerprint density at radius 1 is 0.875 bits per heavy atom. The molecule has 1 aliphatic carbocycles. The number of hydrogen-bond acceptors (Lipinski definition) is 4. The van der Waals surface area contributed by atoms with Crippen LogP contribution < -0.4 is 16.4 Å². The third-order valence-corrected chi connectivity index (χ3v) is 8.77. The molecule has 3 aromatic rings. The van der Waals surface area contributed by atoms with Crippen molar-refractivity contribution in [1.29, 1.82) is 0 Å². The molecule has 6 nitrogen and oxygen atoms in total. The van der Waals surface area contributed by atoms with E-state index in [2.05, 4.69) is 10.6 Å². The summed E-state index contributed by atoms with van der Waals surface area (Å²) >= 11 is 31.4. The second-order valence-corrected chi connectivity index (χ2v) is 12.3. The van der Waals surface area contributed by atoms with Crippen LogP contribution in [0.5, 0.6) is 0 Å². The Morgan fingerprint density at radius 3 is 2.23 bits per heavy atom. The first kappa shape index (κ1) is 30.6. The summed E-state index contributed by atoms with van der Waals surface area (Å²) < 4.78 is -1.32. The van der Waals surface area contributed by atoms with Crippen LogP contribution in [0.3, 0.4) is 0 Å². The van der Waals surface area contributed by atoms with Gasteiger partial charge in [0.2, 0.25) is 11.8 Å². The molecular formula is C29H26Cl5N3O3. The Bertz CT molecular complexity index is 1480. The zero-order valence-corrected chi connectivity index (χ0v) is 25.2. The Labute approximate surface area is 257 Å². The van der Waals surface area contributed by atoms with Gasteiger partial charge in [0, 0.05) is 35.7 Å². The van der Waals surface area contributed by atoms with Crippen molar-refractivity contribution in [2.45, 2.75) is 36.4 Å². The number of carbonyl (C=O) groups is 3. The lowest BCUT2D eigenvalue weighted by molar-refractivity contribution is -0.117. The molecule has 0 aromatic heterocycles. The van der Waals surface area contributed by atoms with Crippen molar-refractivity contribution in [3.05, 3.63) is 91.9 Å². The van der Waals surface area contributed by atoms with Gasteiger partial charge >= 0.3 is 0 Å². The second kappa shape index (κ2) is 12.7. The molecule has 1 saturated carbocycles. The molecule has 0 heterocycles. The molecule has 3 aromatic carbocycles. The van der Waals surface area contributed by atoms with Gasteiger partial charge in [-0.1, -0.05) is 46.9 Å². The van der Waals surface area contributed by atoms with Crippen molar-refractivity contribution in [3.8, 4) is 0 Å². The van der Waals surface area contributed by atoms with Gasteiger partial charge in [0.1, 0.15) is 4.33 Å². The Morgan fingerprint density at radius 2 is 1.55 bits per heavy atom. The summed E-state index contributed by atoms with van der Waals surface area (Å²) in [5, 5.41) is 6.61. The molecular weight excluding hydrogens is 616 g/mol. The molecule has 1 fully saturated rings. The molecule has 4 N–H and O–H groups in total. The molecule has 2 amide bonds. The number of benzene rings is 3. The van der Waals surface area contributed by atoms with Crippen molar-refractivity contribution < 1.29 is 14.4 Å². The van der Waals surface area contributed by atoms with Crippen LogP contribution >= 0.6 is 58.0 Å². The molecule has 40 heavy (non-hydrogen) atoms. The van der Waals surface area contributed by atoms with Gasteiger partial charge in [-0.2, -0.15) is 0 Å². The fraction of sp³-hybridized carbons (Fsp3) is 0.276. The molecule has 2 atom stereocenters. The van der Waals surface area contributed by atoms with Crippen molar-refractivity contribution in [3.63, 3.8) is 0 Å². The van der Waals surface area contributed by atoms with E-state index in [1.54, 1.807) is 42.5 Å². The lowest BCUT2D eigenvalue weighted by Crippen LogP contribution is -2.17. The van der Waals surface area contributed by atoms with E-state index >= 15 is 0 Å². The minimum atomic E-state index is -1.32. The Hall–Kier alpha value is -2.32. The van der Waals surface area contributed by atoms with Crippen LogP contribution in [0.1, 0.15) is 45.8 Å². The zero-order chi connectivity index (χ0) is 29.2. The zero-order valence-electron chi connectivity index (χ0n) is 21.4. The number of halogens is 5. The van der Waals surface area contributed by atoms with E-state index in [0.717, 1.165) is 11.1 Å². The third-order valence-electron chi connectivity index (χ3n) is 6.76. The number of alkyl halides is 2. The predicted molar refractivity (Wildman–Crippen MR) is 163 cm³/mol. The first-order valence-electron chi connectivity index (χ1n) is 12.5. The van der Waals surface area contributed by atoms with E-state index in [1.165, 1.54) is 6.07 Å². The molecule has 0 bridgehead atoms. The number of amides is 2. The van der Waals surface area contributed by atoms with E-state index in [9.17, 15) is 14.4 Å². The number of carbonyl (C=O) groups excluding carboxylic acids is 3. The number of rotatable bonds is 10. The average Bonchev–Trinajstić information content (AvgIpc) is 3.48. The van der Waals surface area contributed by atoms with Gasteiger partial charge in [0.25, 0.3) is 0 Å². The smallest absolute Gasteiger partial charge is 0.231 e. The van der Waals surface area contributed by atoms with Gasteiger partial charge in [-0.15, -0.1) is 23.2 Å². The molecule has 0 spiro atoms. The molecule has 0 saturated heterocycles. The monoisotopic (exact) mass is 639 g/mol. The molecule has 2 unspecified atom stereocenters. The van der Waals surface area contributed by atoms with Gasteiger partial charge < -0.3 is 16.4 Å². The summed E-state index contributed by atoms with van der Waals surface area (Å²) in [6.45, 7) is 2.31. The fourth-order valence-electron chi connectivity index (χ4n) is 4.54. The van der Waals surface area contributed by atoms with E-state index in [1.807, 2.05) is 13.0 Å². The van der Waals surface area contributed by atoms with Crippen molar-refractivity contribution in [2.75, 3.05) is 17.2 Å². The normalized spacial score (nSPS) is 17.3. The largest absolute Gasteiger partial charge is 0.330 e. The number of ketones is 1. The third kappa shape index (κ3) is 6.93. The van der Waals surface area contributed by atoms with Crippen LogP contribution in [0.2, 0.25) is 15.1 Å². The maximum atomic E-state index is 13.2. The maximum absolute atomic E-state index is 13.2. The molecule has 0 radical (unpaired) electrons. The van der Waals surface area contributed by atoms with Gasteiger partial charge in [-0.3, -0.25) is 14.4 Å². The summed E-state index contributed by atoms with van der Waals surface area (Å²) in [6.07, 6.45) is 1.03. The minimum Gasteiger partial charge on any atom is -0.330 e. The van der Waals surface area contributed by atoms with Crippen molar-refractivity contribution in [1.82, 2.24) is 0 Å². The van der Waals surface area contributed by atoms with E-state index in [-0.39, 0.29) is 28.7 Å². The number of hydrogen-bond donors (Lipinski definition) is 3. The average molecular weight is 642 g/mol. The van der Waals surface area contributed by atoms with Crippen LogP contribution in [0, 0.1) is 12.8 Å². The van der Waals surface area contributed by atoms with Crippen LogP contribution in [-0.4, -0.2) is 28.5 Å². The summed E-state index contributed by atoms with van der Waals surface area (Å²) in [5.41, 5.74) is 9.07. The summed E-state index contributed by atoms with van der Waals surface area (Å²) in [4.78, 5) is 38.3. The lowest BCUT2D eigenvalue weighted by Gasteiger charge is -2.12. The SMILES string of the molecule is Cc1cc(NC(=O)CCCN)ccc1CC(=O)c1cc(NC(=O)C2C(c3ccc(Cl)c(Cl)c3)C2(Cl)Cl)ccc1Cl. The number of aryl methyl sites for hydroxylation is 1. The molecule has 210 valence electrons. The number of anilines is 2. The highest BCUT2D eigenvalue weighted by atomic mass is 35.5. The van der Waals surface area contributed by atoms with Crippen molar-refractivity contribution >= 4 is 87.0 Å². The topological polar surface area (TPSA) is 101 Å². The first-order valence-corrected chi connectivity index (χ1v) is 14.4.